The molecular formula is C24H35NO4. The molecule has 0 heterocycles. The van der Waals surface area contributed by atoms with E-state index in [0.717, 1.165) is 43.6 Å². The molecule has 0 radical (unpaired) electrons. The lowest BCUT2D eigenvalue weighted by Gasteiger charge is -2.18. The highest BCUT2D eigenvalue weighted by Crippen LogP contribution is 2.14. The van der Waals surface area contributed by atoms with Crippen molar-refractivity contribution in [3.8, 4) is 11.5 Å². The van der Waals surface area contributed by atoms with Gasteiger partial charge in [0, 0.05) is 19.2 Å². The number of ether oxygens (including phenoxy) is 2. The molecular weight excluding hydrogens is 366 g/mol. The second kappa shape index (κ2) is 14.0. The third-order valence-electron chi connectivity index (χ3n) is 4.67. The van der Waals surface area contributed by atoms with Crippen LogP contribution in [0.5, 0.6) is 11.5 Å². The molecule has 2 aromatic carbocycles. The van der Waals surface area contributed by atoms with Gasteiger partial charge in [-0.3, -0.25) is 0 Å². The van der Waals surface area contributed by atoms with E-state index < -0.39 is 6.10 Å². The molecule has 3 N–H and O–H groups in total. The number of hydrogen-bond donors (Lipinski definition) is 3. The van der Waals surface area contributed by atoms with Crippen LogP contribution in [0.15, 0.2) is 54.6 Å². The molecule has 0 unspecified atom stereocenters. The lowest BCUT2D eigenvalue weighted by atomic mass is 10.1. The third-order valence-corrected chi connectivity index (χ3v) is 4.67. The first-order valence-corrected chi connectivity index (χ1v) is 10.6. The second-order valence-corrected chi connectivity index (χ2v) is 7.42. The van der Waals surface area contributed by atoms with E-state index in [9.17, 15) is 5.11 Å². The lowest BCUT2D eigenvalue weighted by Crippen LogP contribution is -2.37. The number of unbranched alkanes of at least 4 members (excludes halogenated alkanes) is 3. The van der Waals surface area contributed by atoms with E-state index in [2.05, 4.69) is 24.4 Å². The number of para-hydroxylation sites is 1. The summed E-state index contributed by atoms with van der Waals surface area (Å²) in [5.74, 6) is 1.66. The molecule has 0 bridgehead atoms. The van der Waals surface area contributed by atoms with E-state index >= 15 is 0 Å². The highest BCUT2D eigenvalue weighted by molar-refractivity contribution is 5.27. The van der Waals surface area contributed by atoms with Crippen LogP contribution in [-0.4, -0.2) is 48.7 Å². The van der Waals surface area contributed by atoms with Crippen molar-refractivity contribution in [2.24, 2.45) is 0 Å². The number of benzene rings is 2. The van der Waals surface area contributed by atoms with Gasteiger partial charge in [0.25, 0.3) is 0 Å². The van der Waals surface area contributed by atoms with Gasteiger partial charge < -0.3 is 25.0 Å². The Morgan fingerprint density at radius 3 is 2.28 bits per heavy atom. The van der Waals surface area contributed by atoms with Gasteiger partial charge in [-0.15, -0.1) is 0 Å². The average Bonchev–Trinajstić information content (AvgIpc) is 2.75. The lowest BCUT2D eigenvalue weighted by molar-refractivity contribution is 0.104. The molecule has 0 aliphatic heterocycles. The fourth-order valence-corrected chi connectivity index (χ4v) is 3.01. The Morgan fingerprint density at radius 1 is 0.862 bits per heavy atom. The van der Waals surface area contributed by atoms with Gasteiger partial charge in [-0.05, 0) is 62.4 Å². The van der Waals surface area contributed by atoms with E-state index in [-0.39, 0.29) is 19.3 Å². The summed E-state index contributed by atoms with van der Waals surface area (Å²) < 4.78 is 11.3. The highest BCUT2D eigenvalue weighted by Gasteiger charge is 2.09. The zero-order valence-electron chi connectivity index (χ0n) is 17.4. The van der Waals surface area contributed by atoms with E-state index in [1.807, 2.05) is 42.5 Å². The van der Waals surface area contributed by atoms with E-state index in [4.69, 9.17) is 14.6 Å². The Hall–Kier alpha value is -2.08. The van der Waals surface area contributed by atoms with Crippen LogP contribution in [0.3, 0.4) is 0 Å². The summed E-state index contributed by atoms with van der Waals surface area (Å²) in [6, 6.07) is 18.0. The van der Waals surface area contributed by atoms with Crippen LogP contribution in [0.2, 0.25) is 0 Å². The molecule has 0 aliphatic rings. The predicted molar refractivity (Wildman–Crippen MR) is 117 cm³/mol. The molecule has 0 aliphatic carbocycles. The highest BCUT2D eigenvalue weighted by atomic mass is 16.5. The number of rotatable bonds is 15. The van der Waals surface area contributed by atoms with Crippen molar-refractivity contribution >= 4 is 0 Å². The van der Waals surface area contributed by atoms with Gasteiger partial charge in [-0.2, -0.15) is 0 Å². The van der Waals surface area contributed by atoms with Gasteiger partial charge in [0.2, 0.25) is 0 Å². The maximum absolute atomic E-state index is 10.1. The molecule has 0 amide bonds. The van der Waals surface area contributed by atoms with Gasteiger partial charge in [0.15, 0.2) is 0 Å². The van der Waals surface area contributed by atoms with Gasteiger partial charge in [0.05, 0.1) is 6.61 Å². The molecule has 160 valence electrons. The minimum atomic E-state index is -0.550. The standard InChI is InChI=1S/C24H35NO4/c1-20(25-18-22(27)19-29-23-9-5-4-6-10-23)17-21-11-13-24(14-12-21)28-16-8-3-2-7-15-26/h4-6,9-14,20,22,25-27H,2-3,7-8,15-19H2,1H3/t20-,22+/m1/s1. The number of hydrogen-bond acceptors (Lipinski definition) is 5. The molecule has 29 heavy (non-hydrogen) atoms. The summed E-state index contributed by atoms with van der Waals surface area (Å²) in [5.41, 5.74) is 1.23. The molecule has 2 atom stereocenters. The first-order chi connectivity index (χ1) is 14.2. The molecule has 0 fully saturated rings. The van der Waals surface area contributed by atoms with Crippen LogP contribution in [0, 0.1) is 0 Å². The van der Waals surface area contributed by atoms with E-state index in [1.54, 1.807) is 0 Å². The minimum Gasteiger partial charge on any atom is -0.494 e. The molecule has 0 spiro atoms. The average molecular weight is 402 g/mol. The Kier molecular flexibility index (Phi) is 11.2. The third kappa shape index (κ3) is 10.3. The Labute approximate surface area is 174 Å². The van der Waals surface area contributed by atoms with Crippen molar-refractivity contribution < 1.29 is 19.7 Å². The zero-order chi connectivity index (χ0) is 20.7. The largest absolute Gasteiger partial charge is 0.494 e. The number of aliphatic hydroxyl groups excluding tert-OH is 2. The van der Waals surface area contributed by atoms with Gasteiger partial charge >= 0.3 is 0 Å². The van der Waals surface area contributed by atoms with Crippen molar-refractivity contribution in [2.75, 3.05) is 26.4 Å². The fourth-order valence-electron chi connectivity index (χ4n) is 3.01. The minimum absolute atomic E-state index is 0.250. The first kappa shape index (κ1) is 23.2. The smallest absolute Gasteiger partial charge is 0.119 e. The Bertz CT molecular complexity index is 648. The van der Waals surface area contributed by atoms with Gasteiger partial charge in [-0.25, -0.2) is 0 Å². The van der Waals surface area contributed by atoms with Crippen LogP contribution < -0.4 is 14.8 Å². The summed E-state index contributed by atoms with van der Waals surface area (Å²) >= 11 is 0. The molecule has 5 nitrogen and oxygen atoms in total. The molecule has 0 aromatic heterocycles. The van der Waals surface area contributed by atoms with Gasteiger partial charge in [-0.1, -0.05) is 36.8 Å². The Morgan fingerprint density at radius 2 is 1.55 bits per heavy atom. The van der Waals surface area contributed by atoms with Crippen LogP contribution in [-0.2, 0) is 6.42 Å². The zero-order valence-corrected chi connectivity index (χ0v) is 17.4. The van der Waals surface area contributed by atoms with Crippen LogP contribution >= 0.6 is 0 Å². The second-order valence-electron chi connectivity index (χ2n) is 7.42. The maximum Gasteiger partial charge on any atom is 0.119 e. The van der Waals surface area contributed by atoms with Crippen molar-refractivity contribution in [3.63, 3.8) is 0 Å². The fraction of sp³-hybridized carbons (Fsp3) is 0.500. The SMILES string of the molecule is C[C@H](Cc1ccc(OCCCCCCO)cc1)NC[C@H](O)COc1ccccc1. The van der Waals surface area contributed by atoms with Crippen molar-refractivity contribution in [2.45, 2.75) is 51.2 Å². The summed E-state index contributed by atoms with van der Waals surface area (Å²) in [7, 11) is 0. The van der Waals surface area contributed by atoms with Crippen molar-refractivity contribution in [1.82, 2.24) is 5.32 Å². The van der Waals surface area contributed by atoms with Crippen LogP contribution in [0.25, 0.3) is 0 Å². The van der Waals surface area contributed by atoms with Crippen LogP contribution in [0.4, 0.5) is 0 Å². The molecule has 0 saturated carbocycles. The summed E-state index contributed by atoms with van der Waals surface area (Å²) in [6.45, 7) is 3.87. The quantitative estimate of drug-likeness (QED) is 0.398. The normalized spacial score (nSPS) is 13.1. The molecule has 5 heteroatoms. The number of aliphatic hydroxyl groups is 2. The van der Waals surface area contributed by atoms with E-state index in [1.165, 1.54) is 5.56 Å². The molecule has 0 saturated heterocycles. The maximum atomic E-state index is 10.1. The topological polar surface area (TPSA) is 71.0 Å². The molecule has 2 rings (SSSR count). The predicted octanol–water partition coefficient (Wildman–Crippen LogP) is 3.58. The van der Waals surface area contributed by atoms with Crippen LogP contribution in [0.1, 0.15) is 38.2 Å². The van der Waals surface area contributed by atoms with Crippen molar-refractivity contribution in [1.29, 1.82) is 0 Å². The Balaban J connectivity index is 1.59. The monoisotopic (exact) mass is 401 g/mol. The number of nitrogens with one attached hydrogen (secondary N) is 1. The van der Waals surface area contributed by atoms with Gasteiger partial charge in [0.1, 0.15) is 24.2 Å². The van der Waals surface area contributed by atoms with E-state index in [0.29, 0.717) is 13.2 Å². The molecule has 2 aromatic rings. The summed E-state index contributed by atoms with van der Waals surface area (Å²) in [4.78, 5) is 0. The summed E-state index contributed by atoms with van der Waals surface area (Å²) in [6.07, 6.45) is 4.36. The summed E-state index contributed by atoms with van der Waals surface area (Å²) in [5, 5.41) is 22.2. The first-order valence-electron chi connectivity index (χ1n) is 10.6. The van der Waals surface area contributed by atoms with Crippen molar-refractivity contribution in [3.05, 3.63) is 60.2 Å².